The van der Waals surface area contributed by atoms with Crippen LogP contribution in [0.25, 0.3) is 5.82 Å². The predicted molar refractivity (Wildman–Crippen MR) is 59.8 cm³/mol. The number of nitrogens with two attached hydrogens (primary N) is 1. The summed E-state index contributed by atoms with van der Waals surface area (Å²) in [5, 5.41) is 4.16. The summed E-state index contributed by atoms with van der Waals surface area (Å²) in [7, 11) is 0. The molecule has 0 aliphatic heterocycles. The molecule has 14 heavy (non-hydrogen) atoms. The lowest BCUT2D eigenvalue weighted by atomic mass is 10.3. The topological polar surface area (TPSA) is 69.6 Å². The van der Waals surface area contributed by atoms with Crippen LogP contribution in [0.2, 0.25) is 0 Å². The molecule has 0 amide bonds. The van der Waals surface area contributed by atoms with E-state index in [0.29, 0.717) is 6.54 Å². The second-order valence-electron chi connectivity index (χ2n) is 2.68. The Balaban J connectivity index is 2.50. The number of rotatable bonds is 2. The maximum Gasteiger partial charge on any atom is 0.161 e. The molecule has 0 atom stereocenters. The van der Waals surface area contributed by atoms with Gasteiger partial charge in [-0.1, -0.05) is 0 Å². The summed E-state index contributed by atoms with van der Waals surface area (Å²) in [6.07, 6.45) is 6.85. The second kappa shape index (κ2) is 4.01. The molecular formula is C8H8IN5. The molecule has 0 bridgehead atoms. The smallest absolute Gasteiger partial charge is 0.161 e. The van der Waals surface area contributed by atoms with Crippen LogP contribution in [0, 0.1) is 3.57 Å². The zero-order valence-corrected chi connectivity index (χ0v) is 9.42. The lowest BCUT2D eigenvalue weighted by Crippen LogP contribution is -2.07. The Bertz CT molecular complexity index is 439. The van der Waals surface area contributed by atoms with E-state index in [1.54, 1.807) is 17.1 Å². The molecule has 2 rings (SSSR count). The van der Waals surface area contributed by atoms with Crippen LogP contribution in [0.1, 0.15) is 5.56 Å². The van der Waals surface area contributed by atoms with Crippen LogP contribution >= 0.6 is 22.6 Å². The third-order valence-electron chi connectivity index (χ3n) is 1.75. The van der Waals surface area contributed by atoms with E-state index in [1.807, 2.05) is 6.20 Å². The SMILES string of the molecule is NCc1cncnc1-n1cc(I)cn1. The Kier molecular flexibility index (Phi) is 2.73. The number of hydrogen-bond donors (Lipinski definition) is 1. The molecule has 0 saturated heterocycles. The fraction of sp³-hybridized carbons (Fsp3) is 0.125. The minimum Gasteiger partial charge on any atom is -0.326 e. The molecule has 0 aromatic carbocycles. The second-order valence-corrected chi connectivity index (χ2v) is 3.92. The molecule has 0 fully saturated rings. The summed E-state index contributed by atoms with van der Waals surface area (Å²) in [5.41, 5.74) is 6.45. The minimum atomic E-state index is 0.409. The summed E-state index contributed by atoms with van der Waals surface area (Å²) >= 11 is 2.19. The molecule has 0 radical (unpaired) electrons. The largest absolute Gasteiger partial charge is 0.326 e. The predicted octanol–water partition coefficient (Wildman–Crippen LogP) is 0.726. The number of nitrogens with zero attached hydrogens (tertiary/aromatic N) is 4. The molecular weight excluding hydrogens is 293 g/mol. The molecule has 72 valence electrons. The van der Waals surface area contributed by atoms with Gasteiger partial charge in [-0.2, -0.15) is 5.10 Å². The molecule has 0 aliphatic rings. The van der Waals surface area contributed by atoms with Crippen LogP contribution < -0.4 is 5.73 Å². The Hall–Kier alpha value is -1.02. The molecule has 2 heterocycles. The highest BCUT2D eigenvalue weighted by Gasteiger charge is 2.05. The van der Waals surface area contributed by atoms with Crippen molar-refractivity contribution in [2.45, 2.75) is 6.54 Å². The Morgan fingerprint density at radius 1 is 1.43 bits per heavy atom. The van der Waals surface area contributed by atoms with Gasteiger partial charge >= 0.3 is 0 Å². The van der Waals surface area contributed by atoms with Gasteiger partial charge in [0.1, 0.15) is 6.33 Å². The fourth-order valence-corrected chi connectivity index (χ4v) is 1.51. The maximum atomic E-state index is 5.57. The number of hydrogen-bond acceptors (Lipinski definition) is 4. The van der Waals surface area contributed by atoms with Gasteiger partial charge in [0.15, 0.2) is 5.82 Å². The summed E-state index contributed by atoms with van der Waals surface area (Å²) in [5.74, 6) is 0.741. The van der Waals surface area contributed by atoms with Crippen LogP contribution in [-0.4, -0.2) is 19.7 Å². The van der Waals surface area contributed by atoms with Crippen molar-refractivity contribution in [3.8, 4) is 5.82 Å². The van der Waals surface area contributed by atoms with Crippen molar-refractivity contribution in [2.75, 3.05) is 0 Å². The molecule has 0 spiro atoms. The van der Waals surface area contributed by atoms with E-state index in [2.05, 4.69) is 37.7 Å². The van der Waals surface area contributed by atoms with Crippen molar-refractivity contribution in [3.05, 3.63) is 34.1 Å². The normalized spacial score (nSPS) is 10.4. The Morgan fingerprint density at radius 2 is 2.29 bits per heavy atom. The third kappa shape index (κ3) is 1.75. The first kappa shape index (κ1) is 9.53. The van der Waals surface area contributed by atoms with E-state index in [4.69, 9.17) is 5.73 Å². The van der Waals surface area contributed by atoms with E-state index < -0.39 is 0 Å². The first-order chi connectivity index (χ1) is 6.81. The van der Waals surface area contributed by atoms with Gasteiger partial charge in [-0.3, -0.25) is 0 Å². The number of aromatic nitrogens is 4. The van der Waals surface area contributed by atoms with Gasteiger partial charge in [-0.25, -0.2) is 14.6 Å². The molecule has 2 aromatic heterocycles. The highest BCUT2D eigenvalue weighted by atomic mass is 127. The van der Waals surface area contributed by atoms with Crippen molar-refractivity contribution in [1.29, 1.82) is 0 Å². The summed E-state index contributed by atoms with van der Waals surface area (Å²) in [6, 6.07) is 0. The fourth-order valence-electron chi connectivity index (χ4n) is 1.12. The number of halogens is 1. The molecule has 2 aromatic rings. The molecule has 0 unspecified atom stereocenters. The molecule has 2 N–H and O–H groups in total. The van der Waals surface area contributed by atoms with Gasteiger partial charge < -0.3 is 5.73 Å². The lowest BCUT2D eigenvalue weighted by Gasteiger charge is -2.04. The Morgan fingerprint density at radius 3 is 2.93 bits per heavy atom. The van der Waals surface area contributed by atoms with Crippen molar-refractivity contribution >= 4 is 22.6 Å². The molecule has 0 aliphatic carbocycles. The average molecular weight is 301 g/mol. The monoisotopic (exact) mass is 301 g/mol. The minimum absolute atomic E-state index is 0.409. The van der Waals surface area contributed by atoms with Gasteiger partial charge in [0.2, 0.25) is 0 Å². The highest BCUT2D eigenvalue weighted by Crippen LogP contribution is 2.10. The zero-order valence-electron chi connectivity index (χ0n) is 7.26. The van der Waals surface area contributed by atoms with Crippen molar-refractivity contribution in [2.24, 2.45) is 5.73 Å². The summed E-state index contributed by atoms with van der Waals surface area (Å²) < 4.78 is 2.76. The van der Waals surface area contributed by atoms with E-state index in [0.717, 1.165) is 15.0 Å². The van der Waals surface area contributed by atoms with E-state index in [9.17, 15) is 0 Å². The maximum absolute atomic E-state index is 5.57. The van der Waals surface area contributed by atoms with Crippen molar-refractivity contribution < 1.29 is 0 Å². The standard InChI is InChI=1S/C8H8IN5/c9-7-3-13-14(4-7)8-6(1-10)2-11-5-12-8/h2-5H,1,10H2. The van der Waals surface area contributed by atoms with E-state index >= 15 is 0 Å². The van der Waals surface area contributed by atoms with E-state index in [-0.39, 0.29) is 0 Å². The van der Waals surface area contributed by atoms with Gasteiger partial charge in [-0.15, -0.1) is 0 Å². The summed E-state index contributed by atoms with van der Waals surface area (Å²) in [4.78, 5) is 8.05. The van der Waals surface area contributed by atoms with Gasteiger partial charge in [0.05, 0.1) is 9.77 Å². The van der Waals surface area contributed by atoms with Crippen LogP contribution in [0.5, 0.6) is 0 Å². The zero-order chi connectivity index (χ0) is 9.97. The first-order valence-electron chi connectivity index (χ1n) is 4.01. The van der Waals surface area contributed by atoms with Crippen molar-refractivity contribution in [1.82, 2.24) is 19.7 Å². The van der Waals surface area contributed by atoms with Crippen LogP contribution in [-0.2, 0) is 6.54 Å². The van der Waals surface area contributed by atoms with Crippen LogP contribution in [0.4, 0.5) is 0 Å². The summed E-state index contributed by atoms with van der Waals surface area (Å²) in [6.45, 7) is 0.409. The molecule has 0 saturated carbocycles. The van der Waals surface area contributed by atoms with Gasteiger partial charge in [-0.05, 0) is 22.6 Å². The Labute approximate surface area is 94.5 Å². The van der Waals surface area contributed by atoms with Crippen LogP contribution in [0.15, 0.2) is 24.9 Å². The average Bonchev–Trinajstić information content (AvgIpc) is 2.65. The van der Waals surface area contributed by atoms with Crippen LogP contribution in [0.3, 0.4) is 0 Å². The first-order valence-corrected chi connectivity index (χ1v) is 5.08. The quantitative estimate of drug-likeness (QED) is 0.830. The highest BCUT2D eigenvalue weighted by molar-refractivity contribution is 14.1. The molecule has 5 nitrogen and oxygen atoms in total. The van der Waals surface area contributed by atoms with Crippen molar-refractivity contribution in [3.63, 3.8) is 0 Å². The third-order valence-corrected chi connectivity index (χ3v) is 2.31. The van der Waals surface area contributed by atoms with Gasteiger partial charge in [0.25, 0.3) is 0 Å². The van der Waals surface area contributed by atoms with Gasteiger partial charge in [0, 0.05) is 24.5 Å². The lowest BCUT2D eigenvalue weighted by molar-refractivity contribution is 0.813. The van der Waals surface area contributed by atoms with E-state index in [1.165, 1.54) is 6.33 Å². The molecule has 6 heteroatoms.